The van der Waals surface area contributed by atoms with Gasteiger partial charge in [-0.1, -0.05) is 30.3 Å². The van der Waals surface area contributed by atoms with E-state index in [4.69, 9.17) is 0 Å². The van der Waals surface area contributed by atoms with Gasteiger partial charge in [-0.05, 0) is 75.8 Å². The van der Waals surface area contributed by atoms with Crippen molar-refractivity contribution >= 4 is 33.2 Å². The molecule has 0 radical (unpaired) electrons. The third-order valence-electron chi connectivity index (χ3n) is 7.79. The summed E-state index contributed by atoms with van der Waals surface area (Å²) in [5.41, 5.74) is 5.55. The minimum absolute atomic E-state index is 0.0442. The first-order chi connectivity index (χ1) is 18.6. The molecule has 206 valence electrons. The minimum atomic E-state index is -3.92. The number of nitrogens with one attached hydrogen (secondary N) is 1. The number of aromatic nitrogens is 2. The fourth-order valence-corrected chi connectivity index (χ4v) is 7.52. The maximum atomic E-state index is 13.8. The molecule has 5 rings (SSSR count). The number of benzene rings is 2. The lowest BCUT2D eigenvalue weighted by atomic mass is 9.98. The molecule has 1 aromatic heterocycles. The van der Waals surface area contributed by atoms with E-state index in [2.05, 4.69) is 10.4 Å². The van der Waals surface area contributed by atoms with E-state index >= 15 is 0 Å². The van der Waals surface area contributed by atoms with Gasteiger partial charge < -0.3 is 10.2 Å². The number of aryl methyl sites for hydroxylation is 3. The Morgan fingerprint density at radius 2 is 1.82 bits per heavy atom. The van der Waals surface area contributed by atoms with Gasteiger partial charge in [0, 0.05) is 31.0 Å². The molecule has 0 unspecified atom stereocenters. The van der Waals surface area contributed by atoms with Gasteiger partial charge in [-0.2, -0.15) is 9.40 Å². The van der Waals surface area contributed by atoms with Crippen LogP contribution >= 0.6 is 0 Å². The molecule has 1 saturated heterocycles. The van der Waals surface area contributed by atoms with E-state index in [9.17, 15) is 18.0 Å². The molecule has 2 amide bonds. The molecule has 1 fully saturated rings. The summed E-state index contributed by atoms with van der Waals surface area (Å²) in [5.74, 6) is -0.763. The largest absolute Gasteiger partial charge is 0.326 e. The number of amides is 2. The van der Waals surface area contributed by atoms with Gasteiger partial charge in [0.2, 0.25) is 21.8 Å². The van der Waals surface area contributed by atoms with E-state index in [0.29, 0.717) is 37.3 Å². The van der Waals surface area contributed by atoms with Crippen molar-refractivity contribution in [3.05, 3.63) is 70.5 Å². The average Bonchev–Trinajstić information content (AvgIpc) is 3.46. The van der Waals surface area contributed by atoms with Crippen molar-refractivity contribution in [2.75, 3.05) is 29.9 Å². The number of hydrogen-bond acceptors (Lipinski definition) is 5. The summed E-state index contributed by atoms with van der Waals surface area (Å²) >= 11 is 0. The summed E-state index contributed by atoms with van der Waals surface area (Å²) in [6.07, 6.45) is 2.00. The number of rotatable bonds is 6. The molecule has 0 spiro atoms. The molecule has 1 N–H and O–H groups in total. The Labute approximate surface area is 229 Å². The summed E-state index contributed by atoms with van der Waals surface area (Å²) in [6, 6.07) is 13.7. The van der Waals surface area contributed by atoms with Crippen molar-refractivity contribution in [3.8, 4) is 0 Å². The average molecular weight is 550 g/mol. The topological polar surface area (TPSA) is 105 Å². The zero-order valence-corrected chi connectivity index (χ0v) is 23.7. The van der Waals surface area contributed by atoms with Crippen LogP contribution in [0.5, 0.6) is 0 Å². The number of hydrogen-bond donors (Lipinski definition) is 1. The highest BCUT2D eigenvalue weighted by atomic mass is 32.2. The van der Waals surface area contributed by atoms with Crippen LogP contribution in [0.15, 0.2) is 47.4 Å². The van der Waals surface area contributed by atoms with E-state index in [0.717, 1.165) is 34.5 Å². The molecule has 0 saturated carbocycles. The number of nitrogens with zero attached hydrogens (tertiary/aromatic N) is 4. The van der Waals surface area contributed by atoms with E-state index < -0.39 is 15.9 Å². The second-order valence-corrected chi connectivity index (χ2v) is 12.5. The summed E-state index contributed by atoms with van der Waals surface area (Å²) in [7, 11) is -3.92. The third-order valence-corrected chi connectivity index (χ3v) is 9.91. The van der Waals surface area contributed by atoms with Crippen molar-refractivity contribution in [1.29, 1.82) is 0 Å². The normalized spacial score (nSPS) is 17.7. The fraction of sp³-hybridized carbons (Fsp3) is 0.414. The maximum absolute atomic E-state index is 13.8. The van der Waals surface area contributed by atoms with Gasteiger partial charge in [0.1, 0.15) is 11.4 Å². The van der Waals surface area contributed by atoms with Crippen LogP contribution < -0.4 is 10.2 Å². The van der Waals surface area contributed by atoms with Crippen LogP contribution in [-0.4, -0.2) is 54.0 Å². The van der Waals surface area contributed by atoms with Crippen LogP contribution in [0.4, 0.5) is 11.4 Å². The molecule has 9 nitrogen and oxygen atoms in total. The highest BCUT2D eigenvalue weighted by molar-refractivity contribution is 7.89. The van der Waals surface area contributed by atoms with Crippen molar-refractivity contribution in [3.63, 3.8) is 0 Å². The molecule has 1 atom stereocenters. The van der Waals surface area contributed by atoms with E-state index in [1.165, 1.54) is 8.99 Å². The van der Waals surface area contributed by atoms with E-state index in [1.54, 1.807) is 18.7 Å². The van der Waals surface area contributed by atoms with Gasteiger partial charge in [-0.3, -0.25) is 14.3 Å². The molecule has 0 aliphatic carbocycles. The second kappa shape index (κ2) is 10.6. The number of carbonyl (C=O) groups is 2. The van der Waals surface area contributed by atoms with Crippen LogP contribution in [0.1, 0.15) is 40.9 Å². The molecule has 0 bridgehead atoms. The van der Waals surface area contributed by atoms with E-state index in [1.807, 2.05) is 56.3 Å². The van der Waals surface area contributed by atoms with Crippen molar-refractivity contribution in [1.82, 2.24) is 14.1 Å². The monoisotopic (exact) mass is 549 g/mol. The van der Waals surface area contributed by atoms with Gasteiger partial charge in [-0.15, -0.1) is 0 Å². The van der Waals surface area contributed by atoms with Gasteiger partial charge in [-0.25, -0.2) is 8.42 Å². The van der Waals surface area contributed by atoms with Gasteiger partial charge in [0.25, 0.3) is 0 Å². The fourth-order valence-electron chi connectivity index (χ4n) is 5.63. The Morgan fingerprint density at radius 1 is 1.05 bits per heavy atom. The zero-order chi connectivity index (χ0) is 27.9. The number of para-hydroxylation sites is 1. The molecular weight excluding hydrogens is 514 g/mol. The Bertz CT molecular complexity index is 1540. The van der Waals surface area contributed by atoms with Crippen LogP contribution in [-0.2, 0) is 32.6 Å². The smallest absolute Gasteiger partial charge is 0.248 e. The van der Waals surface area contributed by atoms with Crippen LogP contribution in [0, 0.1) is 33.6 Å². The number of sulfonamides is 1. The summed E-state index contributed by atoms with van der Waals surface area (Å²) in [6.45, 7) is 8.23. The van der Waals surface area contributed by atoms with Crippen LogP contribution in [0.25, 0.3) is 0 Å². The SMILES string of the molecule is Cc1ccc(C)c(NC(=O)[C@H]2CCCN(S(=O)(=O)c3c(C)nn(CC(=O)N4CCc5ccccc54)c3C)C2)c1. The Hall–Kier alpha value is -3.50. The molecule has 3 heterocycles. The maximum Gasteiger partial charge on any atom is 0.248 e. The first-order valence-corrected chi connectivity index (χ1v) is 14.8. The highest BCUT2D eigenvalue weighted by Crippen LogP contribution is 2.30. The first kappa shape index (κ1) is 27.1. The van der Waals surface area contributed by atoms with Crippen LogP contribution in [0.3, 0.4) is 0 Å². The molecule has 2 aliphatic rings. The standard InChI is InChI=1S/C29H35N5O4S/c1-19-11-12-20(2)25(16-19)30-29(36)24-9-7-14-32(17-24)39(37,38)28-21(3)31-34(22(28)4)18-27(35)33-15-13-23-8-5-6-10-26(23)33/h5-6,8,10-12,16,24H,7,9,13-15,17-18H2,1-4H3,(H,30,36)/t24-/m0/s1. The quantitative estimate of drug-likeness (QED) is 0.504. The Kier molecular flexibility index (Phi) is 7.35. The number of carbonyl (C=O) groups excluding carboxylic acids is 2. The van der Waals surface area contributed by atoms with Gasteiger partial charge >= 0.3 is 0 Å². The van der Waals surface area contributed by atoms with E-state index in [-0.39, 0.29) is 29.8 Å². The minimum Gasteiger partial charge on any atom is -0.326 e. The molecule has 3 aromatic rings. The summed E-state index contributed by atoms with van der Waals surface area (Å²) in [4.78, 5) is 28.2. The summed E-state index contributed by atoms with van der Waals surface area (Å²) < 4.78 is 30.5. The van der Waals surface area contributed by atoms with Gasteiger partial charge in [0.15, 0.2) is 0 Å². The summed E-state index contributed by atoms with van der Waals surface area (Å²) in [5, 5.41) is 7.45. The third kappa shape index (κ3) is 5.23. The number of anilines is 2. The molecule has 39 heavy (non-hydrogen) atoms. The Balaban J connectivity index is 1.32. The molecular formula is C29H35N5O4S. The zero-order valence-electron chi connectivity index (χ0n) is 22.9. The molecule has 2 aliphatic heterocycles. The lowest BCUT2D eigenvalue weighted by Gasteiger charge is -2.31. The lowest BCUT2D eigenvalue weighted by molar-refractivity contribution is -0.121. The van der Waals surface area contributed by atoms with Crippen LogP contribution in [0.2, 0.25) is 0 Å². The Morgan fingerprint density at radius 3 is 2.62 bits per heavy atom. The number of fused-ring (bicyclic) bond motifs is 1. The molecule has 10 heteroatoms. The van der Waals surface area contributed by atoms with Crippen molar-refractivity contribution in [2.45, 2.75) is 58.4 Å². The predicted molar refractivity (Wildman–Crippen MR) is 150 cm³/mol. The highest BCUT2D eigenvalue weighted by Gasteiger charge is 2.37. The van der Waals surface area contributed by atoms with Gasteiger partial charge in [0.05, 0.1) is 17.3 Å². The first-order valence-electron chi connectivity index (χ1n) is 13.4. The lowest BCUT2D eigenvalue weighted by Crippen LogP contribution is -2.44. The number of piperidine rings is 1. The second-order valence-electron chi connectivity index (χ2n) is 10.6. The molecule has 2 aromatic carbocycles. The van der Waals surface area contributed by atoms with Crippen molar-refractivity contribution < 1.29 is 18.0 Å². The van der Waals surface area contributed by atoms with Crippen molar-refractivity contribution in [2.24, 2.45) is 5.92 Å². The predicted octanol–water partition coefficient (Wildman–Crippen LogP) is 3.75.